The molecule has 0 aliphatic carbocycles. The van der Waals surface area contributed by atoms with E-state index in [1.165, 1.54) is 5.01 Å². The predicted octanol–water partition coefficient (Wildman–Crippen LogP) is 2.11. The van der Waals surface area contributed by atoms with E-state index in [-0.39, 0.29) is 37.3 Å². The van der Waals surface area contributed by atoms with Gasteiger partial charge < -0.3 is 10.1 Å². The van der Waals surface area contributed by atoms with Gasteiger partial charge in [-0.15, -0.1) is 0 Å². The van der Waals surface area contributed by atoms with Crippen LogP contribution < -0.4 is 5.32 Å². The lowest BCUT2D eigenvalue weighted by Gasteiger charge is -2.17. The van der Waals surface area contributed by atoms with Crippen molar-refractivity contribution in [3.05, 3.63) is 35.9 Å². The van der Waals surface area contributed by atoms with Crippen LogP contribution in [0.25, 0.3) is 0 Å². The number of amides is 2. The lowest BCUT2D eigenvalue weighted by molar-refractivity contribution is -0.150. The van der Waals surface area contributed by atoms with Crippen LogP contribution in [0.5, 0.6) is 0 Å². The molecule has 1 aliphatic rings. The Morgan fingerprint density at radius 1 is 1.15 bits per heavy atom. The number of esters is 1. The molecule has 0 spiro atoms. The van der Waals surface area contributed by atoms with E-state index in [1.807, 2.05) is 51.1 Å². The van der Waals surface area contributed by atoms with E-state index < -0.39 is 5.97 Å². The average molecular weight is 373 g/mol. The summed E-state index contributed by atoms with van der Waals surface area (Å²) in [5, 5.41) is 8.49. The number of ether oxygens (including phenoxy) is 1. The van der Waals surface area contributed by atoms with E-state index in [0.29, 0.717) is 18.9 Å². The van der Waals surface area contributed by atoms with Crippen molar-refractivity contribution in [1.82, 2.24) is 10.3 Å². The highest BCUT2D eigenvalue weighted by molar-refractivity contribution is 6.02. The third-order valence-electron chi connectivity index (χ3n) is 4.49. The molecule has 27 heavy (non-hydrogen) atoms. The summed E-state index contributed by atoms with van der Waals surface area (Å²) in [6.07, 6.45) is 0.626. The monoisotopic (exact) mass is 373 g/mol. The van der Waals surface area contributed by atoms with E-state index in [0.717, 1.165) is 11.3 Å². The van der Waals surface area contributed by atoms with Gasteiger partial charge in [0, 0.05) is 18.9 Å². The Balaban J connectivity index is 1.72. The second-order valence-electron chi connectivity index (χ2n) is 6.94. The summed E-state index contributed by atoms with van der Waals surface area (Å²) in [6, 6.07) is 9.69. The molecular weight excluding hydrogens is 346 g/mol. The van der Waals surface area contributed by atoms with Crippen molar-refractivity contribution in [1.29, 1.82) is 0 Å². The Labute approximate surface area is 159 Å². The number of nitrogens with zero attached hydrogens (tertiary/aromatic N) is 2. The fourth-order valence-electron chi connectivity index (χ4n) is 2.49. The van der Waals surface area contributed by atoms with Gasteiger partial charge in [-0.25, -0.2) is 5.01 Å². The summed E-state index contributed by atoms with van der Waals surface area (Å²) in [6.45, 7) is 6.06. The van der Waals surface area contributed by atoms with Gasteiger partial charge >= 0.3 is 5.97 Å². The summed E-state index contributed by atoms with van der Waals surface area (Å²) in [5.74, 6) is -0.838. The number of hydrogen-bond donors (Lipinski definition) is 1. The van der Waals surface area contributed by atoms with Gasteiger partial charge in [0.25, 0.3) is 5.91 Å². The third kappa shape index (κ3) is 6.51. The zero-order valence-corrected chi connectivity index (χ0v) is 16.1. The number of hydrogen-bond acceptors (Lipinski definition) is 5. The molecule has 2 amide bonds. The highest BCUT2D eigenvalue weighted by Gasteiger charge is 2.22. The Morgan fingerprint density at radius 2 is 1.85 bits per heavy atom. The lowest BCUT2D eigenvalue weighted by Crippen LogP contribution is -2.38. The molecule has 1 aromatic rings. The van der Waals surface area contributed by atoms with Crippen LogP contribution >= 0.6 is 0 Å². The number of carbonyl (C=O) groups excluding carboxylic acids is 3. The number of hydrazone groups is 1. The topological polar surface area (TPSA) is 88.1 Å². The molecule has 0 bridgehead atoms. The molecule has 1 atom stereocenters. The Bertz CT molecular complexity index is 700. The molecule has 2 rings (SSSR count). The van der Waals surface area contributed by atoms with Crippen molar-refractivity contribution >= 4 is 23.5 Å². The van der Waals surface area contributed by atoms with Crippen LogP contribution in [-0.2, 0) is 19.1 Å². The molecule has 0 unspecified atom stereocenters. The maximum Gasteiger partial charge on any atom is 0.306 e. The van der Waals surface area contributed by atoms with Gasteiger partial charge in [0.05, 0.1) is 18.7 Å². The molecule has 0 aromatic heterocycles. The van der Waals surface area contributed by atoms with Crippen LogP contribution in [0.1, 0.15) is 45.6 Å². The van der Waals surface area contributed by atoms with Crippen molar-refractivity contribution < 1.29 is 19.1 Å². The first kappa shape index (κ1) is 20.6. The molecule has 1 heterocycles. The normalized spacial score (nSPS) is 14.7. The lowest BCUT2D eigenvalue weighted by atomic mass is 10.1. The van der Waals surface area contributed by atoms with E-state index in [4.69, 9.17) is 4.74 Å². The van der Waals surface area contributed by atoms with E-state index in [1.54, 1.807) is 0 Å². The second kappa shape index (κ2) is 9.85. The van der Waals surface area contributed by atoms with Gasteiger partial charge in [-0.05, 0) is 18.4 Å². The van der Waals surface area contributed by atoms with Gasteiger partial charge in [-0.1, -0.05) is 44.2 Å². The van der Waals surface area contributed by atoms with Crippen molar-refractivity contribution in [3.63, 3.8) is 0 Å². The molecule has 0 fully saturated rings. The van der Waals surface area contributed by atoms with Crippen LogP contribution in [0.3, 0.4) is 0 Å². The SMILES string of the molecule is CC(C)[C@H](C)NC(=O)COC(=O)CCC(=O)N1CCC(c2ccccc2)=N1. The average Bonchev–Trinajstić information content (AvgIpc) is 3.15. The molecule has 146 valence electrons. The first-order valence-electron chi connectivity index (χ1n) is 9.25. The summed E-state index contributed by atoms with van der Waals surface area (Å²) in [4.78, 5) is 35.7. The fraction of sp³-hybridized carbons (Fsp3) is 0.500. The molecule has 0 saturated heterocycles. The number of carbonyl (C=O) groups is 3. The number of nitrogens with one attached hydrogen (secondary N) is 1. The van der Waals surface area contributed by atoms with Crippen LogP contribution in [0, 0.1) is 5.92 Å². The standard InChI is InChI=1S/C20H27N3O4/c1-14(2)15(3)21-18(24)13-27-20(26)10-9-19(25)23-12-11-17(22-23)16-7-5-4-6-8-16/h4-8,14-15H,9-13H2,1-3H3,(H,21,24)/t15-/m0/s1. The van der Waals surface area contributed by atoms with Crippen molar-refractivity contribution in [2.75, 3.05) is 13.2 Å². The predicted molar refractivity (Wildman–Crippen MR) is 102 cm³/mol. The van der Waals surface area contributed by atoms with Gasteiger partial charge in [-0.3, -0.25) is 14.4 Å². The minimum absolute atomic E-state index is 0.00428. The maximum atomic E-state index is 12.2. The Kier molecular flexibility index (Phi) is 7.52. The summed E-state index contributed by atoms with van der Waals surface area (Å²) >= 11 is 0. The van der Waals surface area contributed by atoms with Gasteiger partial charge in [0.15, 0.2) is 6.61 Å². The van der Waals surface area contributed by atoms with Gasteiger partial charge in [0.1, 0.15) is 0 Å². The number of benzene rings is 1. The Hall–Kier alpha value is -2.70. The minimum atomic E-state index is -0.567. The fourth-order valence-corrected chi connectivity index (χ4v) is 2.49. The number of rotatable bonds is 8. The smallest absolute Gasteiger partial charge is 0.306 e. The van der Waals surface area contributed by atoms with E-state index in [9.17, 15) is 14.4 Å². The maximum absolute atomic E-state index is 12.2. The molecule has 1 N–H and O–H groups in total. The molecule has 0 radical (unpaired) electrons. The van der Waals surface area contributed by atoms with Crippen molar-refractivity contribution in [2.45, 2.75) is 46.1 Å². The van der Waals surface area contributed by atoms with Crippen LogP contribution in [0.15, 0.2) is 35.4 Å². The molecule has 7 heteroatoms. The second-order valence-corrected chi connectivity index (χ2v) is 6.94. The summed E-state index contributed by atoms with van der Waals surface area (Å²) in [7, 11) is 0. The van der Waals surface area contributed by atoms with Gasteiger partial charge in [0.2, 0.25) is 5.91 Å². The van der Waals surface area contributed by atoms with Crippen LogP contribution in [-0.4, -0.2) is 47.7 Å². The largest absolute Gasteiger partial charge is 0.456 e. The van der Waals surface area contributed by atoms with Crippen molar-refractivity contribution in [2.24, 2.45) is 11.0 Å². The Morgan fingerprint density at radius 3 is 2.52 bits per heavy atom. The minimum Gasteiger partial charge on any atom is -0.456 e. The highest BCUT2D eigenvalue weighted by Crippen LogP contribution is 2.15. The van der Waals surface area contributed by atoms with Crippen LogP contribution in [0.4, 0.5) is 0 Å². The molecular formula is C20H27N3O4. The molecule has 0 saturated carbocycles. The van der Waals surface area contributed by atoms with E-state index in [2.05, 4.69) is 10.4 Å². The zero-order valence-electron chi connectivity index (χ0n) is 16.1. The summed E-state index contributed by atoms with van der Waals surface area (Å²) < 4.78 is 4.93. The summed E-state index contributed by atoms with van der Waals surface area (Å²) in [5.41, 5.74) is 1.86. The van der Waals surface area contributed by atoms with Crippen molar-refractivity contribution in [3.8, 4) is 0 Å². The molecule has 1 aromatic carbocycles. The van der Waals surface area contributed by atoms with E-state index >= 15 is 0 Å². The quantitative estimate of drug-likeness (QED) is 0.707. The third-order valence-corrected chi connectivity index (χ3v) is 4.49. The van der Waals surface area contributed by atoms with Crippen LogP contribution in [0.2, 0.25) is 0 Å². The first-order valence-corrected chi connectivity index (χ1v) is 9.25. The van der Waals surface area contributed by atoms with Gasteiger partial charge in [-0.2, -0.15) is 5.10 Å². The molecule has 1 aliphatic heterocycles. The highest BCUT2D eigenvalue weighted by atomic mass is 16.5. The first-order chi connectivity index (χ1) is 12.9. The zero-order chi connectivity index (χ0) is 19.8. The molecule has 7 nitrogen and oxygen atoms in total.